The van der Waals surface area contributed by atoms with Crippen LogP contribution in [0.3, 0.4) is 0 Å². The Hall–Kier alpha value is -0.720. The van der Waals surface area contributed by atoms with Gasteiger partial charge in [-0.05, 0) is 25.1 Å². The van der Waals surface area contributed by atoms with Gasteiger partial charge in [-0.3, -0.25) is 4.52 Å². The van der Waals surface area contributed by atoms with E-state index >= 15 is 0 Å². The zero-order valence-corrected chi connectivity index (χ0v) is 11.6. The SMILES string of the molecule is CCN(CC)CCc1cnn(COP(=O)(O)O)c1. The van der Waals surface area contributed by atoms with Gasteiger partial charge in [0.25, 0.3) is 0 Å². The molecule has 0 aliphatic heterocycles. The highest BCUT2D eigenvalue weighted by atomic mass is 31.2. The van der Waals surface area contributed by atoms with E-state index in [1.54, 1.807) is 12.4 Å². The number of phosphoric ester groups is 1. The summed E-state index contributed by atoms with van der Waals surface area (Å²) in [6, 6.07) is 0. The molecule has 0 bridgehead atoms. The van der Waals surface area contributed by atoms with Crippen LogP contribution < -0.4 is 0 Å². The average Bonchev–Trinajstić information content (AvgIpc) is 2.75. The van der Waals surface area contributed by atoms with Crippen molar-refractivity contribution in [3.63, 3.8) is 0 Å². The summed E-state index contributed by atoms with van der Waals surface area (Å²) in [4.78, 5) is 19.4. The second-order valence-electron chi connectivity index (χ2n) is 3.91. The third kappa shape index (κ3) is 5.75. The Balaban J connectivity index is 2.41. The third-order valence-electron chi connectivity index (χ3n) is 2.66. The Morgan fingerprint density at radius 3 is 2.67 bits per heavy atom. The first-order chi connectivity index (χ1) is 8.44. The first-order valence-corrected chi connectivity index (χ1v) is 7.41. The zero-order chi connectivity index (χ0) is 13.6. The molecule has 7 nitrogen and oxygen atoms in total. The number of likely N-dealkylation sites (N-methyl/N-ethyl adjacent to an activating group) is 1. The van der Waals surface area contributed by atoms with E-state index in [-0.39, 0.29) is 6.73 Å². The number of nitrogens with zero attached hydrogens (tertiary/aromatic N) is 3. The number of hydrogen-bond donors (Lipinski definition) is 2. The molecule has 0 unspecified atom stereocenters. The second-order valence-corrected chi connectivity index (χ2v) is 5.15. The molecule has 18 heavy (non-hydrogen) atoms. The van der Waals surface area contributed by atoms with Crippen molar-refractivity contribution in [3.8, 4) is 0 Å². The lowest BCUT2D eigenvalue weighted by Gasteiger charge is -2.16. The molecule has 0 aliphatic carbocycles. The summed E-state index contributed by atoms with van der Waals surface area (Å²) < 4.78 is 16.3. The molecular weight excluding hydrogens is 257 g/mol. The molecule has 0 spiro atoms. The monoisotopic (exact) mass is 277 g/mol. The van der Waals surface area contributed by atoms with Crippen LogP contribution in [0.25, 0.3) is 0 Å². The van der Waals surface area contributed by atoms with Gasteiger partial charge >= 0.3 is 7.82 Å². The highest BCUT2D eigenvalue weighted by molar-refractivity contribution is 7.46. The molecule has 0 radical (unpaired) electrons. The van der Waals surface area contributed by atoms with Crippen molar-refractivity contribution < 1.29 is 18.9 Å². The lowest BCUT2D eigenvalue weighted by atomic mass is 10.2. The summed E-state index contributed by atoms with van der Waals surface area (Å²) in [5.41, 5.74) is 1.02. The van der Waals surface area contributed by atoms with E-state index in [0.717, 1.165) is 31.6 Å². The standard InChI is InChI=1S/C10H20N3O4P/c1-3-12(4-2)6-5-10-7-11-13(8-10)9-17-18(14,15)16/h7-8H,3-6,9H2,1-2H3,(H2,14,15,16). The molecule has 0 saturated carbocycles. The van der Waals surface area contributed by atoms with Crippen LogP contribution in [0.2, 0.25) is 0 Å². The maximum absolute atomic E-state index is 10.5. The highest BCUT2D eigenvalue weighted by Crippen LogP contribution is 2.35. The van der Waals surface area contributed by atoms with Gasteiger partial charge in [0.05, 0.1) is 6.20 Å². The zero-order valence-electron chi connectivity index (χ0n) is 10.7. The Morgan fingerprint density at radius 2 is 2.11 bits per heavy atom. The number of rotatable bonds is 8. The van der Waals surface area contributed by atoms with Gasteiger partial charge in [-0.1, -0.05) is 13.8 Å². The van der Waals surface area contributed by atoms with E-state index in [1.165, 1.54) is 4.68 Å². The van der Waals surface area contributed by atoms with Crippen molar-refractivity contribution in [1.82, 2.24) is 14.7 Å². The molecule has 0 aromatic carbocycles. The fraction of sp³-hybridized carbons (Fsp3) is 0.700. The van der Waals surface area contributed by atoms with Gasteiger partial charge in [-0.2, -0.15) is 5.10 Å². The average molecular weight is 277 g/mol. The van der Waals surface area contributed by atoms with Gasteiger partial charge < -0.3 is 14.7 Å². The summed E-state index contributed by atoms with van der Waals surface area (Å²) in [7, 11) is -4.43. The van der Waals surface area contributed by atoms with Crippen LogP contribution in [0.5, 0.6) is 0 Å². The van der Waals surface area contributed by atoms with E-state index in [0.29, 0.717) is 0 Å². The molecule has 2 N–H and O–H groups in total. The van der Waals surface area contributed by atoms with Crippen LogP contribution in [-0.4, -0.2) is 44.1 Å². The quantitative estimate of drug-likeness (QED) is 0.684. The van der Waals surface area contributed by atoms with Crippen LogP contribution >= 0.6 is 7.82 Å². The van der Waals surface area contributed by atoms with Gasteiger partial charge in [0, 0.05) is 12.7 Å². The maximum atomic E-state index is 10.5. The smallest absolute Gasteiger partial charge is 0.304 e. The summed E-state index contributed by atoms with van der Waals surface area (Å²) >= 11 is 0. The second kappa shape index (κ2) is 7.01. The van der Waals surface area contributed by atoms with Crippen molar-refractivity contribution in [3.05, 3.63) is 18.0 Å². The van der Waals surface area contributed by atoms with Crippen molar-refractivity contribution in [2.45, 2.75) is 27.0 Å². The lowest BCUT2D eigenvalue weighted by molar-refractivity contribution is 0.145. The van der Waals surface area contributed by atoms with Crippen LogP contribution in [0.15, 0.2) is 12.4 Å². The van der Waals surface area contributed by atoms with E-state index < -0.39 is 7.82 Å². The van der Waals surface area contributed by atoms with E-state index in [9.17, 15) is 4.57 Å². The molecule has 0 atom stereocenters. The van der Waals surface area contributed by atoms with Crippen LogP contribution in [-0.2, 0) is 22.2 Å². The summed E-state index contributed by atoms with van der Waals surface area (Å²) in [5.74, 6) is 0. The molecule has 0 saturated heterocycles. The summed E-state index contributed by atoms with van der Waals surface area (Å²) in [6.07, 6.45) is 4.28. The van der Waals surface area contributed by atoms with Crippen LogP contribution in [0.1, 0.15) is 19.4 Å². The number of phosphoric acid groups is 1. The minimum Gasteiger partial charge on any atom is -0.304 e. The molecule has 8 heteroatoms. The van der Waals surface area contributed by atoms with Crippen molar-refractivity contribution in [2.24, 2.45) is 0 Å². The third-order valence-corrected chi connectivity index (χ3v) is 3.11. The molecule has 1 rings (SSSR count). The van der Waals surface area contributed by atoms with Gasteiger partial charge in [-0.15, -0.1) is 0 Å². The van der Waals surface area contributed by atoms with Gasteiger partial charge in [0.15, 0.2) is 6.73 Å². The fourth-order valence-electron chi connectivity index (χ4n) is 1.57. The minimum absolute atomic E-state index is 0.241. The maximum Gasteiger partial charge on any atom is 0.471 e. The van der Waals surface area contributed by atoms with E-state index in [1.807, 2.05) is 0 Å². The summed E-state index contributed by atoms with van der Waals surface area (Å²) in [6.45, 7) is 6.94. The molecule has 0 amide bonds. The van der Waals surface area contributed by atoms with Crippen LogP contribution in [0, 0.1) is 0 Å². The first kappa shape index (κ1) is 15.3. The fourth-order valence-corrected chi connectivity index (χ4v) is 1.84. The molecule has 1 aromatic heterocycles. The predicted octanol–water partition coefficient (Wildman–Crippen LogP) is 0.834. The molecule has 0 fully saturated rings. The summed E-state index contributed by atoms with van der Waals surface area (Å²) in [5, 5.41) is 3.98. The highest BCUT2D eigenvalue weighted by Gasteiger charge is 2.13. The topological polar surface area (TPSA) is 87.8 Å². The Bertz CT molecular complexity index is 400. The Kier molecular flexibility index (Phi) is 5.98. The number of aromatic nitrogens is 2. The Labute approximate surface area is 107 Å². The molecular formula is C10H20N3O4P. The molecule has 0 aliphatic rings. The van der Waals surface area contributed by atoms with Crippen molar-refractivity contribution >= 4 is 7.82 Å². The molecule has 1 aromatic rings. The van der Waals surface area contributed by atoms with E-state index in [2.05, 4.69) is 28.4 Å². The van der Waals surface area contributed by atoms with Gasteiger partial charge in [-0.25, -0.2) is 9.25 Å². The van der Waals surface area contributed by atoms with Gasteiger partial charge in [0.1, 0.15) is 0 Å². The van der Waals surface area contributed by atoms with Crippen molar-refractivity contribution in [1.29, 1.82) is 0 Å². The minimum atomic E-state index is -4.43. The predicted molar refractivity (Wildman–Crippen MR) is 66.8 cm³/mol. The van der Waals surface area contributed by atoms with Crippen LogP contribution in [0.4, 0.5) is 0 Å². The van der Waals surface area contributed by atoms with E-state index in [4.69, 9.17) is 9.79 Å². The largest absolute Gasteiger partial charge is 0.471 e. The first-order valence-electron chi connectivity index (χ1n) is 5.88. The van der Waals surface area contributed by atoms with Gasteiger partial charge in [0.2, 0.25) is 0 Å². The normalized spacial score (nSPS) is 12.3. The lowest BCUT2D eigenvalue weighted by Crippen LogP contribution is -2.25. The molecule has 104 valence electrons. The van der Waals surface area contributed by atoms with Crippen molar-refractivity contribution in [2.75, 3.05) is 19.6 Å². The Morgan fingerprint density at radius 1 is 1.44 bits per heavy atom. The molecule has 1 heterocycles. The number of hydrogen-bond acceptors (Lipinski definition) is 4.